The van der Waals surface area contributed by atoms with Crippen molar-refractivity contribution >= 4 is 58.5 Å². The molecule has 0 unspecified atom stereocenters. The molecule has 9 nitrogen and oxygen atoms in total. The van der Waals surface area contributed by atoms with E-state index in [1.165, 1.54) is 30.3 Å². The number of primary amides is 1. The molecule has 2 heterocycles. The van der Waals surface area contributed by atoms with Crippen molar-refractivity contribution in [2.75, 3.05) is 4.90 Å². The summed E-state index contributed by atoms with van der Waals surface area (Å²) in [5, 5.41) is 11.0. The molecule has 2 aromatic rings. The highest BCUT2D eigenvalue weighted by Gasteiger charge is 2.68. The predicted octanol–water partition coefficient (Wildman–Crippen LogP) is 4.15. The minimum atomic E-state index is -1.45. The van der Waals surface area contributed by atoms with Gasteiger partial charge in [-0.25, -0.2) is 14.1 Å². The van der Waals surface area contributed by atoms with Crippen molar-refractivity contribution in [2.45, 2.75) is 25.7 Å². The third-order valence-electron chi connectivity index (χ3n) is 8.96. The third kappa shape index (κ3) is 3.42. The number of fused-ring (bicyclic) bond motifs is 4. The lowest BCUT2D eigenvalue weighted by Crippen LogP contribution is -2.49. The molecular formula is C28H22Cl2FN3O6. The van der Waals surface area contributed by atoms with Crippen LogP contribution in [0.15, 0.2) is 48.0 Å². The third-order valence-corrected chi connectivity index (χ3v) is 9.48. The number of halogens is 3. The summed E-state index contributed by atoms with van der Waals surface area (Å²) in [5.41, 5.74) is 4.83. The Hall–Kier alpha value is -3.76. The number of imide groups is 4. The predicted molar refractivity (Wildman–Crippen MR) is 141 cm³/mol. The van der Waals surface area contributed by atoms with E-state index >= 15 is 0 Å². The minimum Gasteiger partial charge on any atom is -0.508 e. The van der Waals surface area contributed by atoms with Crippen LogP contribution in [0, 0.1) is 34.9 Å². The first-order valence-corrected chi connectivity index (χ1v) is 13.3. The van der Waals surface area contributed by atoms with Crippen molar-refractivity contribution in [3.63, 3.8) is 0 Å². The maximum absolute atomic E-state index is 14.2. The number of nitrogens with two attached hydrogens (primary N) is 1. The second kappa shape index (κ2) is 8.87. The van der Waals surface area contributed by atoms with Crippen LogP contribution in [0.2, 0.25) is 10.0 Å². The van der Waals surface area contributed by atoms with E-state index in [9.17, 15) is 33.5 Å². The van der Waals surface area contributed by atoms with Gasteiger partial charge < -0.3 is 10.8 Å². The maximum atomic E-state index is 14.2. The summed E-state index contributed by atoms with van der Waals surface area (Å²) in [4.78, 5) is 68.0. The molecule has 2 aliphatic carbocycles. The normalized spacial score (nSPS) is 31.2. The Kier molecular flexibility index (Phi) is 5.87. The number of nitrogens with zero attached hydrogens (tertiary/aromatic N) is 2. The standard InChI is InChI=1S/C28H22Cl2FN3O6/c1-28-17(24(37)33(26(28)39)12-3-6-19(31)18(30)9-12)10-15-13(22(28)16-8-11(29)2-7-20(16)35)4-5-14-21(15)25(38)34(23(14)36)27(32)40/h2-4,6-9,14-15,17,21-22,35H,5,10H2,1H3,(H2,32,40)/t14-,15+,17-,21-,22+,28+/m0/s1. The fourth-order valence-electron chi connectivity index (χ4n) is 7.20. The zero-order chi connectivity index (χ0) is 28.8. The van der Waals surface area contributed by atoms with Crippen LogP contribution < -0.4 is 10.6 Å². The number of anilines is 1. The number of carbonyl (C=O) groups is 5. The minimum absolute atomic E-state index is 0.0168. The van der Waals surface area contributed by atoms with E-state index in [0.717, 1.165) is 11.0 Å². The first kappa shape index (κ1) is 26.5. The van der Waals surface area contributed by atoms with E-state index in [1.54, 1.807) is 13.0 Å². The molecule has 6 rings (SSSR count). The van der Waals surface area contributed by atoms with Crippen molar-refractivity contribution in [1.82, 2.24) is 4.90 Å². The van der Waals surface area contributed by atoms with Crippen molar-refractivity contribution in [3.8, 4) is 5.75 Å². The number of amides is 6. The number of likely N-dealkylation sites (tertiary alicyclic amines) is 1. The van der Waals surface area contributed by atoms with E-state index in [4.69, 9.17) is 28.9 Å². The summed E-state index contributed by atoms with van der Waals surface area (Å²) in [5.74, 6) is -8.01. The van der Waals surface area contributed by atoms with Gasteiger partial charge in [-0.05, 0) is 62.1 Å². The lowest BCUT2D eigenvalue weighted by atomic mass is 9.51. The number of hydrogen-bond acceptors (Lipinski definition) is 6. The summed E-state index contributed by atoms with van der Waals surface area (Å²) in [6, 6.07) is 6.69. The van der Waals surface area contributed by atoms with E-state index in [-0.39, 0.29) is 39.9 Å². The molecule has 2 aliphatic heterocycles. The molecule has 3 N–H and O–H groups in total. The van der Waals surface area contributed by atoms with E-state index in [0.29, 0.717) is 10.5 Å². The fraction of sp³-hybridized carbons (Fsp3) is 0.321. The van der Waals surface area contributed by atoms with Crippen molar-refractivity contribution in [1.29, 1.82) is 0 Å². The van der Waals surface area contributed by atoms with Crippen molar-refractivity contribution < 1.29 is 33.5 Å². The SMILES string of the molecule is C[C@@]12C(=O)N(c3ccc(F)c(Cl)c3)C(=O)[C@@H]1C[C@@H]1C(=CC[C@@H]3C(=O)N(C(N)=O)C(=O)[C@@H]31)[C@@H]2c1cc(Cl)ccc1O. The van der Waals surface area contributed by atoms with Gasteiger partial charge in [-0.1, -0.05) is 34.9 Å². The van der Waals surface area contributed by atoms with Gasteiger partial charge in [0.2, 0.25) is 23.6 Å². The Balaban J connectivity index is 1.55. The highest BCUT2D eigenvalue weighted by atomic mass is 35.5. The molecular weight excluding hydrogens is 564 g/mol. The molecule has 12 heteroatoms. The number of phenolic OH excluding ortho intramolecular Hbond substituents is 1. The molecule has 0 bridgehead atoms. The highest BCUT2D eigenvalue weighted by Crippen LogP contribution is 2.64. The lowest BCUT2D eigenvalue weighted by Gasteiger charge is -2.49. The summed E-state index contributed by atoms with van der Waals surface area (Å²) < 4.78 is 13.9. The summed E-state index contributed by atoms with van der Waals surface area (Å²) >= 11 is 12.3. The van der Waals surface area contributed by atoms with Crippen LogP contribution >= 0.6 is 23.2 Å². The number of aromatic hydroxyl groups is 1. The van der Waals surface area contributed by atoms with Crippen LogP contribution in [0.4, 0.5) is 14.9 Å². The molecule has 6 amide bonds. The van der Waals surface area contributed by atoms with Gasteiger partial charge in [0, 0.05) is 16.5 Å². The van der Waals surface area contributed by atoms with Gasteiger partial charge in [-0.15, -0.1) is 0 Å². The second-order valence-electron chi connectivity index (χ2n) is 10.8. The Morgan fingerprint density at radius 1 is 1.05 bits per heavy atom. The van der Waals surface area contributed by atoms with Crippen LogP contribution in [-0.2, 0) is 19.2 Å². The van der Waals surface area contributed by atoms with Gasteiger partial charge in [-0.3, -0.25) is 19.2 Å². The number of carbonyl (C=O) groups excluding carboxylic acids is 5. The maximum Gasteiger partial charge on any atom is 0.328 e. The fourth-order valence-corrected chi connectivity index (χ4v) is 7.56. The van der Waals surface area contributed by atoms with Crippen LogP contribution in [0.3, 0.4) is 0 Å². The Labute approximate surface area is 237 Å². The van der Waals surface area contributed by atoms with Crippen molar-refractivity contribution in [2.24, 2.45) is 34.8 Å². The zero-order valence-electron chi connectivity index (χ0n) is 20.9. The summed E-state index contributed by atoms with van der Waals surface area (Å²) in [7, 11) is 0. The van der Waals surface area contributed by atoms with Gasteiger partial charge in [-0.2, -0.15) is 4.90 Å². The van der Waals surface area contributed by atoms with Crippen LogP contribution in [0.5, 0.6) is 5.75 Å². The number of urea groups is 1. The topological polar surface area (TPSA) is 138 Å². The number of benzene rings is 2. The first-order chi connectivity index (χ1) is 18.9. The Bertz CT molecular complexity index is 1590. The van der Waals surface area contributed by atoms with Gasteiger partial charge in [0.05, 0.1) is 33.9 Å². The molecule has 2 aromatic carbocycles. The van der Waals surface area contributed by atoms with Crippen LogP contribution in [-0.4, -0.2) is 39.7 Å². The highest BCUT2D eigenvalue weighted by molar-refractivity contribution is 6.32. The molecule has 6 atom stereocenters. The van der Waals surface area contributed by atoms with Crippen LogP contribution in [0.25, 0.3) is 0 Å². The molecule has 0 spiro atoms. The average Bonchev–Trinajstić information content (AvgIpc) is 3.27. The second-order valence-corrected chi connectivity index (χ2v) is 11.7. The summed E-state index contributed by atoms with van der Waals surface area (Å²) in [6.07, 6.45) is 1.87. The quantitative estimate of drug-likeness (QED) is 0.401. The Morgan fingerprint density at radius 2 is 1.77 bits per heavy atom. The molecule has 40 heavy (non-hydrogen) atoms. The van der Waals surface area contributed by atoms with Crippen molar-refractivity contribution in [3.05, 3.63) is 69.5 Å². The van der Waals surface area contributed by atoms with E-state index in [1.807, 2.05) is 0 Å². The molecule has 2 saturated heterocycles. The Morgan fingerprint density at radius 3 is 2.45 bits per heavy atom. The smallest absolute Gasteiger partial charge is 0.328 e. The van der Waals surface area contributed by atoms with E-state index < -0.39 is 70.5 Å². The van der Waals surface area contributed by atoms with Gasteiger partial charge in [0.1, 0.15) is 11.6 Å². The average molecular weight is 586 g/mol. The molecule has 206 valence electrons. The van der Waals surface area contributed by atoms with Gasteiger partial charge >= 0.3 is 6.03 Å². The number of allylic oxidation sites excluding steroid dienone is 2. The molecule has 3 fully saturated rings. The first-order valence-electron chi connectivity index (χ1n) is 12.6. The number of rotatable bonds is 2. The van der Waals surface area contributed by atoms with Gasteiger partial charge in [0.25, 0.3) is 0 Å². The van der Waals surface area contributed by atoms with Gasteiger partial charge in [0.15, 0.2) is 0 Å². The molecule has 4 aliphatic rings. The van der Waals surface area contributed by atoms with Crippen LogP contribution in [0.1, 0.15) is 31.2 Å². The number of hydrogen-bond donors (Lipinski definition) is 2. The van der Waals surface area contributed by atoms with E-state index in [2.05, 4.69) is 0 Å². The molecule has 1 saturated carbocycles. The molecule has 0 aromatic heterocycles. The summed E-state index contributed by atoms with van der Waals surface area (Å²) in [6.45, 7) is 1.62. The molecule has 0 radical (unpaired) electrons. The zero-order valence-corrected chi connectivity index (χ0v) is 22.4. The largest absolute Gasteiger partial charge is 0.508 e. The lowest BCUT2D eigenvalue weighted by molar-refractivity contribution is -0.136. The number of phenols is 1. The monoisotopic (exact) mass is 585 g/mol.